The van der Waals surface area contributed by atoms with Crippen molar-refractivity contribution in [3.63, 3.8) is 0 Å². The highest BCUT2D eigenvalue weighted by Crippen LogP contribution is 2.13. The van der Waals surface area contributed by atoms with E-state index in [1.807, 2.05) is 21.1 Å². The van der Waals surface area contributed by atoms with Gasteiger partial charge >= 0.3 is 17.9 Å². The lowest BCUT2D eigenvalue weighted by atomic mass is 10.1. The number of hydrogen-bond donors (Lipinski definition) is 1. The normalized spacial score (nSPS) is 14.1. The minimum atomic E-state index is -1.54. The Bertz CT molecular complexity index is 2380. The van der Waals surface area contributed by atoms with Crippen LogP contribution in [0.2, 0.25) is 0 Å². The van der Waals surface area contributed by atoms with Crippen molar-refractivity contribution in [1.82, 2.24) is 0 Å². The van der Waals surface area contributed by atoms with Crippen molar-refractivity contribution in [1.29, 1.82) is 0 Å². The van der Waals surface area contributed by atoms with Gasteiger partial charge in [0, 0.05) is 12.8 Å². The molecule has 0 rings (SSSR count). The van der Waals surface area contributed by atoms with Gasteiger partial charge < -0.3 is 28.5 Å². The fourth-order valence-corrected chi connectivity index (χ4v) is 8.56. The highest BCUT2D eigenvalue weighted by molar-refractivity contribution is 5.71. The molecule has 2 unspecified atom stereocenters. The first-order valence-electron chi connectivity index (χ1n) is 35.5. The van der Waals surface area contributed by atoms with Crippen LogP contribution >= 0.6 is 0 Å². The molecule has 0 amide bonds. The first kappa shape index (κ1) is 86.4. The van der Waals surface area contributed by atoms with E-state index in [9.17, 15) is 19.5 Å². The van der Waals surface area contributed by atoms with Gasteiger partial charge in [-0.15, -0.1) is 0 Å². The number of hydrogen-bond acceptors (Lipinski definition) is 7. The van der Waals surface area contributed by atoms with E-state index in [4.69, 9.17) is 18.9 Å². The number of esters is 2. The predicted octanol–water partition coefficient (Wildman–Crippen LogP) is 22.7. The Balaban J connectivity index is 4.31. The molecule has 0 spiro atoms. The second-order valence-electron chi connectivity index (χ2n) is 23.7. The molecule has 0 aromatic heterocycles. The van der Waals surface area contributed by atoms with Gasteiger partial charge in [-0.3, -0.25) is 9.59 Å². The SMILES string of the molecule is CC/C=C\C/C=C\C/C=C\C/C=C\C/C=C\C/C=C\C/C=C\C/C=C\C/C=C\C/C=C\C/C=C\C/C=C\CCCCCCC(=O)OC(COC(=O)CCCCCCC/C=C\C/C=C\C/C=C\C/C=C\C/C=C\C/C=C\C/C=C\CC)COC(OCC[N+](C)(C)C)C(=O)O. The zero-order valence-corrected chi connectivity index (χ0v) is 58.8. The summed E-state index contributed by atoms with van der Waals surface area (Å²) in [5.41, 5.74) is 0. The Morgan fingerprint density at radius 1 is 0.323 bits per heavy atom. The topological polar surface area (TPSA) is 108 Å². The second kappa shape index (κ2) is 71.2. The van der Waals surface area contributed by atoms with Crippen LogP contribution in [0, 0.1) is 0 Å². The number of allylic oxidation sites excluding steroid dienone is 38. The van der Waals surface area contributed by atoms with Crippen molar-refractivity contribution in [3.8, 4) is 0 Å². The van der Waals surface area contributed by atoms with E-state index in [2.05, 4.69) is 245 Å². The predicted molar refractivity (Wildman–Crippen MR) is 400 cm³/mol. The van der Waals surface area contributed by atoms with E-state index in [1.165, 1.54) is 0 Å². The number of aliphatic carboxylic acids is 1. The minimum absolute atomic E-state index is 0.165. The molecule has 0 saturated carbocycles. The Morgan fingerprint density at radius 3 is 0.860 bits per heavy atom. The third-order valence-corrected chi connectivity index (χ3v) is 13.9. The largest absolute Gasteiger partial charge is 0.477 e. The summed E-state index contributed by atoms with van der Waals surface area (Å²) in [6, 6.07) is 0. The summed E-state index contributed by atoms with van der Waals surface area (Å²) in [6.45, 7) is 4.55. The van der Waals surface area contributed by atoms with Gasteiger partial charge in [0.05, 0.1) is 34.4 Å². The van der Waals surface area contributed by atoms with Gasteiger partial charge in [-0.05, 0) is 161 Å². The molecule has 1 N–H and O–H groups in total. The summed E-state index contributed by atoms with van der Waals surface area (Å²) in [7, 11) is 5.94. The van der Waals surface area contributed by atoms with Crippen LogP contribution in [-0.2, 0) is 33.3 Å². The average Bonchev–Trinajstić information content (AvgIpc) is 3.38. The molecule has 0 fully saturated rings. The van der Waals surface area contributed by atoms with Crippen LogP contribution in [0.4, 0.5) is 0 Å². The number of nitrogens with zero attached hydrogens (tertiary/aromatic N) is 1. The number of quaternary nitrogens is 1. The summed E-state index contributed by atoms with van der Waals surface area (Å²) in [4.78, 5) is 37.6. The summed E-state index contributed by atoms with van der Waals surface area (Å²) in [5.74, 6) is -2.10. The molecule has 0 aromatic rings. The second-order valence-corrected chi connectivity index (χ2v) is 23.7. The highest BCUT2D eigenvalue weighted by atomic mass is 16.7. The fraction of sp³-hybridized carbons (Fsp3) is 0.512. The van der Waals surface area contributed by atoms with E-state index in [-0.39, 0.29) is 38.6 Å². The molecule has 0 radical (unpaired) electrons. The number of carboxylic acids is 1. The monoisotopic (exact) mass is 1280 g/mol. The highest BCUT2D eigenvalue weighted by Gasteiger charge is 2.25. The minimum Gasteiger partial charge on any atom is -0.477 e. The summed E-state index contributed by atoms with van der Waals surface area (Å²) in [5, 5.41) is 9.75. The van der Waals surface area contributed by atoms with Crippen molar-refractivity contribution in [2.75, 3.05) is 47.5 Å². The Morgan fingerprint density at radius 2 is 0.581 bits per heavy atom. The van der Waals surface area contributed by atoms with E-state index >= 15 is 0 Å². The third kappa shape index (κ3) is 72.6. The van der Waals surface area contributed by atoms with Crippen LogP contribution in [-0.4, -0.2) is 87.4 Å². The van der Waals surface area contributed by atoms with E-state index in [0.717, 1.165) is 180 Å². The molecule has 0 aliphatic heterocycles. The maximum absolute atomic E-state index is 12.9. The number of carbonyl (C=O) groups is 3. The molecule has 516 valence electrons. The van der Waals surface area contributed by atoms with Gasteiger partial charge in [0.15, 0.2) is 6.10 Å². The lowest BCUT2D eigenvalue weighted by Crippen LogP contribution is -2.40. The third-order valence-electron chi connectivity index (χ3n) is 13.9. The number of ether oxygens (including phenoxy) is 4. The molecule has 93 heavy (non-hydrogen) atoms. The van der Waals surface area contributed by atoms with Gasteiger partial charge in [0.1, 0.15) is 13.2 Å². The van der Waals surface area contributed by atoms with Crippen LogP contribution in [0.15, 0.2) is 231 Å². The average molecular weight is 1280 g/mol. The maximum Gasteiger partial charge on any atom is 0.361 e. The molecule has 0 bridgehead atoms. The lowest BCUT2D eigenvalue weighted by Gasteiger charge is -2.25. The summed E-state index contributed by atoms with van der Waals surface area (Å²) in [6.07, 6.45) is 112. The molecule has 0 heterocycles. The number of rotatable bonds is 62. The van der Waals surface area contributed by atoms with Crippen LogP contribution < -0.4 is 0 Å². The molecular weight excluding hydrogens is 1150 g/mol. The lowest BCUT2D eigenvalue weighted by molar-refractivity contribution is -0.870. The molecule has 0 aliphatic carbocycles. The number of unbranched alkanes of at least 4 members (excludes halogenated alkanes) is 9. The van der Waals surface area contributed by atoms with Crippen LogP contribution in [0.1, 0.15) is 219 Å². The van der Waals surface area contributed by atoms with E-state index < -0.39 is 24.3 Å². The smallest absolute Gasteiger partial charge is 0.361 e. The number of carbonyl (C=O) groups excluding carboxylic acids is 2. The maximum atomic E-state index is 12.9. The summed E-state index contributed by atoms with van der Waals surface area (Å²) < 4.78 is 22.9. The molecular formula is C84H128NO8+. The van der Waals surface area contributed by atoms with E-state index in [0.29, 0.717) is 23.9 Å². The number of likely N-dealkylation sites (N-methyl/N-ethyl adjacent to an activating group) is 1. The molecule has 0 aromatic carbocycles. The molecule has 9 heteroatoms. The molecule has 2 atom stereocenters. The van der Waals surface area contributed by atoms with E-state index in [1.54, 1.807) is 0 Å². The quantitative estimate of drug-likeness (QED) is 0.0211. The first-order chi connectivity index (χ1) is 45.6. The van der Waals surface area contributed by atoms with Crippen molar-refractivity contribution in [2.24, 2.45) is 0 Å². The zero-order valence-electron chi connectivity index (χ0n) is 58.8. The molecule has 0 aliphatic rings. The van der Waals surface area contributed by atoms with Crippen molar-refractivity contribution >= 4 is 17.9 Å². The van der Waals surface area contributed by atoms with Gasteiger partial charge in [0.25, 0.3) is 6.29 Å². The van der Waals surface area contributed by atoms with Crippen molar-refractivity contribution in [3.05, 3.63) is 231 Å². The standard InChI is InChI=1S/C84H127NO8/c1-6-8-10-12-14-16-18-20-22-24-26-28-30-32-34-35-36-37-38-39-40-41-42-43-44-45-46-47-49-51-53-55-57-59-61-63-65-67-69-71-73-75-82(87)93-80(79-92-84(83(88)89)90-77-76-85(3,4)5)78-91-81(86)74-72-70-68-66-64-62-60-58-56-54-52-50-48-33-31-29-27-25-23-21-19-17-15-13-11-9-7-2/h8-11,14-17,20-23,26-29,32-34,36-37,39-40,42-43,45-46,48-49,51-52,54-55,57-58,60-61,63,80,84H,6-7,12-13,18-19,24-25,30-31,35,38,41,44,47,50,53,56,59,62,64-79H2,1-5H3/p+1/b10-8-,11-9-,16-14-,17-15-,22-20-,23-21-,28-26-,29-27-,34-32-,37-36-,40-39-,43-42-,46-45-,48-33-,51-49-,54-52-,57-55-,60-58-,63-61-. The number of carboxylic acid groups (broad SMARTS) is 1. The fourth-order valence-electron chi connectivity index (χ4n) is 8.56. The molecule has 9 nitrogen and oxygen atoms in total. The van der Waals surface area contributed by atoms with Gasteiger partial charge in [-0.25, -0.2) is 4.79 Å². The zero-order chi connectivity index (χ0) is 67.5. The Labute approximate surface area is 568 Å². The summed E-state index contributed by atoms with van der Waals surface area (Å²) >= 11 is 0. The first-order valence-corrected chi connectivity index (χ1v) is 35.5. The Kier molecular flexibility index (Phi) is 66.1. The van der Waals surface area contributed by atoms with Crippen molar-refractivity contribution in [2.45, 2.75) is 232 Å². The molecule has 0 saturated heterocycles. The van der Waals surface area contributed by atoms with Gasteiger partial charge in [-0.2, -0.15) is 0 Å². The van der Waals surface area contributed by atoms with Crippen molar-refractivity contribution < 1.29 is 42.9 Å². The van der Waals surface area contributed by atoms with Crippen LogP contribution in [0.5, 0.6) is 0 Å². The van der Waals surface area contributed by atoms with Crippen LogP contribution in [0.25, 0.3) is 0 Å². The van der Waals surface area contributed by atoms with Crippen LogP contribution in [0.3, 0.4) is 0 Å². The van der Waals surface area contributed by atoms with Gasteiger partial charge in [0.2, 0.25) is 0 Å². The van der Waals surface area contributed by atoms with Gasteiger partial charge in [-0.1, -0.05) is 277 Å². The Hall–Kier alpha value is -6.65.